The van der Waals surface area contributed by atoms with Gasteiger partial charge >= 0.3 is 5.97 Å². The first kappa shape index (κ1) is 10.4. The lowest BCUT2D eigenvalue weighted by molar-refractivity contribution is -0.142. The number of fused-ring (bicyclic) bond motifs is 3. The lowest BCUT2D eigenvalue weighted by Crippen LogP contribution is -2.19. The molecule has 0 saturated heterocycles. The van der Waals surface area contributed by atoms with Crippen molar-refractivity contribution >= 4 is 16.9 Å². The van der Waals surface area contributed by atoms with Crippen LogP contribution in [0.1, 0.15) is 30.0 Å². The van der Waals surface area contributed by atoms with Crippen LogP contribution in [0.25, 0.3) is 10.9 Å². The van der Waals surface area contributed by atoms with Gasteiger partial charge in [0.15, 0.2) is 0 Å². The number of esters is 1. The van der Waals surface area contributed by atoms with Gasteiger partial charge in [0.1, 0.15) is 0 Å². The topological polar surface area (TPSA) is 42.1 Å². The van der Waals surface area contributed by atoms with Crippen molar-refractivity contribution in [2.45, 2.75) is 25.2 Å². The number of hydrogen-bond acceptors (Lipinski definition) is 2. The van der Waals surface area contributed by atoms with Gasteiger partial charge in [-0.05, 0) is 30.9 Å². The summed E-state index contributed by atoms with van der Waals surface area (Å²) in [5.74, 6) is -0.242. The van der Waals surface area contributed by atoms with Crippen molar-refractivity contribution in [3.05, 3.63) is 35.5 Å². The normalized spacial score (nSPS) is 19.0. The van der Waals surface area contributed by atoms with Crippen LogP contribution >= 0.6 is 0 Å². The minimum Gasteiger partial charge on any atom is -0.469 e. The standard InChI is InChI=1S/C14H15NO2/c1-17-14(16)11-7-4-6-10-9-5-2-3-8-12(9)15-13(10)11/h2-3,5,8,11,15H,4,6-7H2,1H3. The quantitative estimate of drug-likeness (QED) is 0.764. The first-order valence-electron chi connectivity index (χ1n) is 5.98. The molecular weight excluding hydrogens is 214 g/mol. The SMILES string of the molecule is COC(=O)C1CCCc2c1[nH]c1ccccc21. The average Bonchev–Trinajstić information content (AvgIpc) is 2.76. The predicted molar refractivity (Wildman–Crippen MR) is 66.0 cm³/mol. The second-order valence-electron chi connectivity index (χ2n) is 4.53. The summed E-state index contributed by atoms with van der Waals surface area (Å²) in [6, 6.07) is 8.22. The number of H-pyrrole nitrogens is 1. The van der Waals surface area contributed by atoms with Gasteiger partial charge in [-0.2, -0.15) is 0 Å². The van der Waals surface area contributed by atoms with Crippen LogP contribution < -0.4 is 0 Å². The first-order chi connectivity index (χ1) is 8.31. The molecule has 0 bridgehead atoms. The largest absolute Gasteiger partial charge is 0.469 e. The molecule has 1 aliphatic carbocycles. The summed E-state index contributed by atoms with van der Waals surface area (Å²) in [6.07, 6.45) is 2.98. The van der Waals surface area contributed by atoms with E-state index in [1.54, 1.807) is 0 Å². The fraction of sp³-hybridized carbons (Fsp3) is 0.357. The molecule has 1 N–H and O–H groups in total. The van der Waals surface area contributed by atoms with Crippen molar-refractivity contribution in [3.63, 3.8) is 0 Å². The Morgan fingerprint density at radius 1 is 1.41 bits per heavy atom. The average molecular weight is 229 g/mol. The maximum Gasteiger partial charge on any atom is 0.314 e. The Hall–Kier alpha value is -1.77. The maximum absolute atomic E-state index is 11.8. The lowest BCUT2D eigenvalue weighted by atomic mass is 9.87. The molecule has 3 rings (SSSR count). The van der Waals surface area contributed by atoms with Crippen LogP contribution in [-0.2, 0) is 16.0 Å². The van der Waals surface area contributed by atoms with E-state index in [9.17, 15) is 4.79 Å². The molecule has 1 aromatic carbocycles. The summed E-state index contributed by atoms with van der Waals surface area (Å²) in [6.45, 7) is 0. The van der Waals surface area contributed by atoms with Crippen LogP contribution in [0.4, 0.5) is 0 Å². The van der Waals surface area contributed by atoms with Crippen molar-refractivity contribution < 1.29 is 9.53 Å². The van der Waals surface area contributed by atoms with E-state index >= 15 is 0 Å². The number of carbonyl (C=O) groups is 1. The number of para-hydroxylation sites is 1. The maximum atomic E-state index is 11.8. The molecule has 1 aromatic heterocycles. The Labute approximate surface area is 99.8 Å². The number of nitrogens with one attached hydrogen (secondary N) is 1. The molecular formula is C14H15NO2. The zero-order chi connectivity index (χ0) is 11.8. The molecule has 1 unspecified atom stereocenters. The Morgan fingerprint density at radius 3 is 3.06 bits per heavy atom. The molecule has 88 valence electrons. The number of ether oxygens (including phenoxy) is 1. The van der Waals surface area contributed by atoms with E-state index in [0.717, 1.165) is 30.5 Å². The highest BCUT2D eigenvalue weighted by atomic mass is 16.5. The first-order valence-corrected chi connectivity index (χ1v) is 5.98. The van der Waals surface area contributed by atoms with E-state index in [1.807, 2.05) is 12.1 Å². The molecule has 0 radical (unpaired) electrons. The molecule has 1 heterocycles. The molecule has 2 aromatic rings. The van der Waals surface area contributed by atoms with E-state index < -0.39 is 0 Å². The summed E-state index contributed by atoms with van der Waals surface area (Å²) >= 11 is 0. The van der Waals surface area contributed by atoms with E-state index in [2.05, 4.69) is 17.1 Å². The van der Waals surface area contributed by atoms with Gasteiger partial charge in [-0.1, -0.05) is 18.2 Å². The number of aromatic nitrogens is 1. The van der Waals surface area contributed by atoms with Crippen LogP contribution in [0.5, 0.6) is 0 Å². The van der Waals surface area contributed by atoms with Gasteiger partial charge in [0.05, 0.1) is 13.0 Å². The minimum absolute atomic E-state index is 0.115. The summed E-state index contributed by atoms with van der Waals surface area (Å²) in [7, 11) is 1.46. The monoisotopic (exact) mass is 229 g/mol. The van der Waals surface area contributed by atoms with Crippen molar-refractivity contribution in [2.75, 3.05) is 7.11 Å². The van der Waals surface area contributed by atoms with Crippen LogP contribution in [0.15, 0.2) is 24.3 Å². The molecule has 1 aliphatic rings. The third kappa shape index (κ3) is 1.54. The molecule has 0 spiro atoms. The minimum atomic E-state index is -0.127. The summed E-state index contributed by atoms with van der Waals surface area (Å²) in [4.78, 5) is 15.1. The fourth-order valence-electron chi connectivity index (χ4n) is 2.79. The number of methoxy groups -OCH3 is 1. The summed E-state index contributed by atoms with van der Waals surface area (Å²) < 4.78 is 4.88. The highest BCUT2D eigenvalue weighted by Gasteiger charge is 2.29. The second-order valence-corrected chi connectivity index (χ2v) is 4.53. The van der Waals surface area contributed by atoms with Crippen LogP contribution in [0.2, 0.25) is 0 Å². The van der Waals surface area contributed by atoms with Crippen molar-refractivity contribution in [1.82, 2.24) is 4.98 Å². The van der Waals surface area contributed by atoms with Gasteiger partial charge in [0.2, 0.25) is 0 Å². The van der Waals surface area contributed by atoms with Gasteiger partial charge in [0.25, 0.3) is 0 Å². The summed E-state index contributed by atoms with van der Waals surface area (Å²) in [5, 5.41) is 1.25. The smallest absolute Gasteiger partial charge is 0.314 e. The van der Waals surface area contributed by atoms with E-state index in [4.69, 9.17) is 4.74 Å². The lowest BCUT2D eigenvalue weighted by Gasteiger charge is -2.20. The molecule has 0 fully saturated rings. The molecule has 0 saturated carbocycles. The highest BCUT2D eigenvalue weighted by molar-refractivity contribution is 5.88. The predicted octanol–water partition coefficient (Wildman–Crippen LogP) is 2.76. The van der Waals surface area contributed by atoms with Crippen LogP contribution in [0, 0.1) is 0 Å². The van der Waals surface area contributed by atoms with Gasteiger partial charge in [0, 0.05) is 16.6 Å². The number of carbonyl (C=O) groups excluding carboxylic acids is 1. The van der Waals surface area contributed by atoms with Gasteiger partial charge < -0.3 is 9.72 Å². The third-order valence-corrected chi connectivity index (χ3v) is 3.60. The molecule has 0 aliphatic heterocycles. The van der Waals surface area contributed by atoms with Crippen molar-refractivity contribution in [2.24, 2.45) is 0 Å². The van der Waals surface area contributed by atoms with E-state index in [-0.39, 0.29) is 11.9 Å². The number of aromatic amines is 1. The van der Waals surface area contributed by atoms with Crippen molar-refractivity contribution in [3.8, 4) is 0 Å². The fourth-order valence-corrected chi connectivity index (χ4v) is 2.79. The Morgan fingerprint density at radius 2 is 2.24 bits per heavy atom. The van der Waals surface area contributed by atoms with Crippen molar-refractivity contribution in [1.29, 1.82) is 0 Å². The second kappa shape index (κ2) is 3.91. The number of benzene rings is 1. The zero-order valence-electron chi connectivity index (χ0n) is 9.82. The van der Waals surface area contributed by atoms with Crippen LogP contribution in [0.3, 0.4) is 0 Å². The Bertz CT molecular complexity index is 571. The molecule has 17 heavy (non-hydrogen) atoms. The number of rotatable bonds is 1. The van der Waals surface area contributed by atoms with Gasteiger partial charge in [-0.25, -0.2) is 0 Å². The number of aryl methyl sites for hydroxylation is 1. The highest BCUT2D eigenvalue weighted by Crippen LogP contribution is 2.36. The molecule has 1 atom stereocenters. The molecule has 3 heteroatoms. The molecule has 0 amide bonds. The molecule has 3 nitrogen and oxygen atoms in total. The zero-order valence-corrected chi connectivity index (χ0v) is 9.82. The van der Waals surface area contributed by atoms with Crippen LogP contribution in [-0.4, -0.2) is 18.1 Å². The Balaban J connectivity index is 2.17. The number of hydrogen-bond donors (Lipinski definition) is 1. The Kier molecular flexibility index (Phi) is 2.39. The van der Waals surface area contributed by atoms with E-state index in [0.29, 0.717) is 0 Å². The summed E-state index contributed by atoms with van der Waals surface area (Å²) in [5.41, 5.74) is 3.47. The van der Waals surface area contributed by atoms with E-state index in [1.165, 1.54) is 18.1 Å². The third-order valence-electron chi connectivity index (χ3n) is 3.60. The van der Waals surface area contributed by atoms with Gasteiger partial charge in [-0.3, -0.25) is 4.79 Å². The van der Waals surface area contributed by atoms with Gasteiger partial charge in [-0.15, -0.1) is 0 Å².